The van der Waals surface area contributed by atoms with Crippen molar-refractivity contribution in [2.24, 2.45) is 0 Å². The zero-order valence-corrected chi connectivity index (χ0v) is 26.8. The minimum absolute atomic E-state index is 0.0316. The van der Waals surface area contributed by atoms with Crippen molar-refractivity contribution in [2.45, 2.75) is 52.2 Å². The van der Waals surface area contributed by atoms with Gasteiger partial charge in [0.2, 0.25) is 10.0 Å². The number of carbonyl (C=O) groups is 2. The molecular weight excluding hydrogens is 617 g/mol. The lowest BCUT2D eigenvalue weighted by Gasteiger charge is -2.33. The first-order valence-corrected chi connectivity index (χ1v) is 16.0. The molecule has 1 aliphatic rings. The molecule has 1 saturated heterocycles. The van der Waals surface area contributed by atoms with Crippen molar-refractivity contribution in [3.05, 3.63) is 63.6 Å². The first-order chi connectivity index (χ1) is 20.2. The fourth-order valence-corrected chi connectivity index (χ4v) is 6.10. The SMILES string of the molecule is CCOC(=O)CS(=O)(=O)N(CC=Cc1cccc(C#N)c1)c1cc(Cl)c(OC2CCN(C(=O)OC(C)(C)C)CC2)c(Cl)c1. The molecule has 1 fully saturated rings. The second-order valence-corrected chi connectivity index (χ2v) is 13.5. The van der Waals surface area contributed by atoms with E-state index in [1.807, 2.05) is 20.8 Å². The van der Waals surface area contributed by atoms with Crippen molar-refractivity contribution in [3.8, 4) is 11.8 Å². The van der Waals surface area contributed by atoms with E-state index >= 15 is 0 Å². The van der Waals surface area contributed by atoms with Gasteiger partial charge in [-0.1, -0.05) is 47.5 Å². The van der Waals surface area contributed by atoms with Gasteiger partial charge in [0.1, 0.15) is 11.7 Å². The normalized spacial score (nSPS) is 14.3. The second-order valence-electron chi connectivity index (χ2n) is 10.8. The van der Waals surface area contributed by atoms with E-state index in [4.69, 9.17) is 42.7 Å². The molecule has 2 aromatic carbocycles. The second kappa shape index (κ2) is 14.8. The number of nitriles is 1. The van der Waals surface area contributed by atoms with E-state index in [-0.39, 0.29) is 46.8 Å². The van der Waals surface area contributed by atoms with Crippen LogP contribution in [0.5, 0.6) is 5.75 Å². The zero-order chi connectivity index (χ0) is 31.8. The number of carbonyl (C=O) groups excluding carboxylic acids is 2. The third-order valence-corrected chi connectivity index (χ3v) is 8.38. The van der Waals surface area contributed by atoms with E-state index in [1.54, 1.807) is 48.2 Å². The Morgan fingerprint density at radius 3 is 2.37 bits per heavy atom. The molecular formula is C30H35Cl2N3O7S. The first-order valence-electron chi connectivity index (χ1n) is 13.7. The predicted octanol–water partition coefficient (Wildman–Crippen LogP) is 6.06. The van der Waals surface area contributed by atoms with Crippen LogP contribution in [0.15, 0.2) is 42.5 Å². The van der Waals surface area contributed by atoms with E-state index in [1.165, 1.54) is 12.1 Å². The standard InChI is InChI=1S/C30H35Cl2N3O7S/c1-5-40-27(36)20-43(38,39)35(13-7-10-21-8-6-9-22(16-21)19-33)23-17-25(31)28(26(32)18-23)41-24-11-14-34(15-12-24)29(37)42-30(2,3)4/h6-10,16-18,24H,5,11-15,20H2,1-4H3. The highest BCUT2D eigenvalue weighted by Gasteiger charge is 2.30. The van der Waals surface area contributed by atoms with Gasteiger partial charge in [-0.05, 0) is 57.5 Å². The van der Waals surface area contributed by atoms with Gasteiger partial charge >= 0.3 is 12.1 Å². The first kappa shape index (κ1) is 34.0. The topological polar surface area (TPSA) is 126 Å². The molecule has 43 heavy (non-hydrogen) atoms. The van der Waals surface area contributed by atoms with Crippen molar-refractivity contribution in [3.63, 3.8) is 0 Å². The molecule has 0 saturated carbocycles. The number of hydrogen-bond acceptors (Lipinski definition) is 8. The molecule has 1 aliphatic heterocycles. The average molecular weight is 653 g/mol. The predicted molar refractivity (Wildman–Crippen MR) is 166 cm³/mol. The van der Waals surface area contributed by atoms with E-state index in [0.29, 0.717) is 37.1 Å². The number of ether oxygens (including phenoxy) is 3. The molecule has 0 aromatic heterocycles. The van der Waals surface area contributed by atoms with E-state index in [2.05, 4.69) is 6.07 Å². The summed E-state index contributed by atoms with van der Waals surface area (Å²) in [5.41, 5.74) is 0.683. The monoisotopic (exact) mass is 651 g/mol. The van der Waals surface area contributed by atoms with Gasteiger partial charge in [0, 0.05) is 25.9 Å². The number of likely N-dealkylation sites (tertiary alicyclic amines) is 1. The molecule has 0 N–H and O–H groups in total. The van der Waals surface area contributed by atoms with E-state index in [0.717, 1.165) is 4.31 Å². The molecule has 0 bridgehead atoms. The Kier molecular flexibility index (Phi) is 11.7. The Morgan fingerprint density at radius 2 is 1.79 bits per heavy atom. The van der Waals surface area contributed by atoms with Gasteiger partial charge in [-0.25, -0.2) is 13.2 Å². The Morgan fingerprint density at radius 1 is 1.14 bits per heavy atom. The Labute approximate surface area is 262 Å². The Bertz CT molecular complexity index is 1470. The van der Waals surface area contributed by atoms with Gasteiger partial charge in [0.15, 0.2) is 11.5 Å². The number of rotatable bonds is 10. The van der Waals surface area contributed by atoms with Crippen molar-refractivity contribution >= 4 is 57.1 Å². The van der Waals surface area contributed by atoms with Crippen molar-refractivity contribution in [2.75, 3.05) is 36.3 Å². The minimum atomic E-state index is -4.22. The molecule has 2 aromatic rings. The highest BCUT2D eigenvalue weighted by Crippen LogP contribution is 2.39. The molecule has 0 radical (unpaired) electrons. The summed E-state index contributed by atoms with van der Waals surface area (Å²) in [5.74, 6) is -1.59. The van der Waals surface area contributed by atoms with Gasteiger partial charge < -0.3 is 19.1 Å². The van der Waals surface area contributed by atoms with Crippen LogP contribution in [0.25, 0.3) is 6.08 Å². The number of piperidine rings is 1. The molecule has 0 unspecified atom stereocenters. The number of nitrogens with zero attached hydrogens (tertiary/aromatic N) is 3. The van der Waals surface area contributed by atoms with Crippen molar-refractivity contribution < 1.29 is 32.2 Å². The number of sulfonamides is 1. The molecule has 10 nitrogen and oxygen atoms in total. The zero-order valence-electron chi connectivity index (χ0n) is 24.5. The van der Waals surface area contributed by atoms with Crippen LogP contribution in [0.4, 0.5) is 10.5 Å². The highest BCUT2D eigenvalue weighted by atomic mass is 35.5. The summed E-state index contributed by atoms with van der Waals surface area (Å²) in [6.07, 6.45) is 3.62. The third kappa shape index (κ3) is 10.1. The van der Waals surface area contributed by atoms with E-state index in [9.17, 15) is 18.0 Å². The molecule has 13 heteroatoms. The molecule has 1 amide bonds. The smallest absolute Gasteiger partial charge is 0.410 e. The van der Waals surface area contributed by atoms with Crippen LogP contribution in [0.3, 0.4) is 0 Å². The Hall–Kier alpha value is -3.46. The van der Waals surface area contributed by atoms with Crippen LogP contribution in [0, 0.1) is 11.3 Å². The average Bonchev–Trinajstić information content (AvgIpc) is 2.92. The third-order valence-electron chi connectivity index (χ3n) is 6.19. The minimum Gasteiger partial charge on any atom is -0.487 e. The number of esters is 1. The van der Waals surface area contributed by atoms with Gasteiger partial charge in [-0.2, -0.15) is 5.26 Å². The maximum Gasteiger partial charge on any atom is 0.410 e. The summed E-state index contributed by atoms with van der Waals surface area (Å²) in [7, 11) is -4.22. The largest absolute Gasteiger partial charge is 0.487 e. The highest BCUT2D eigenvalue weighted by molar-refractivity contribution is 7.93. The van der Waals surface area contributed by atoms with Gasteiger partial charge in [-0.15, -0.1) is 0 Å². The van der Waals surface area contributed by atoms with Crippen molar-refractivity contribution in [1.29, 1.82) is 5.26 Å². The van der Waals surface area contributed by atoms with E-state index < -0.39 is 27.3 Å². The van der Waals surface area contributed by atoms with Gasteiger partial charge in [-0.3, -0.25) is 9.10 Å². The number of hydrogen-bond donors (Lipinski definition) is 0. The quantitative estimate of drug-likeness (QED) is 0.284. The van der Waals surface area contributed by atoms with Crippen LogP contribution >= 0.6 is 23.2 Å². The summed E-state index contributed by atoms with van der Waals surface area (Å²) >= 11 is 13.1. The lowest BCUT2D eigenvalue weighted by molar-refractivity contribution is -0.139. The maximum atomic E-state index is 13.3. The van der Waals surface area contributed by atoms with Gasteiger partial charge in [0.25, 0.3) is 0 Å². The van der Waals surface area contributed by atoms with Crippen LogP contribution in [-0.2, 0) is 24.3 Å². The Balaban J connectivity index is 1.81. The molecule has 3 rings (SSSR count). The number of halogens is 2. The summed E-state index contributed by atoms with van der Waals surface area (Å²) < 4.78 is 44.1. The molecule has 1 heterocycles. The summed E-state index contributed by atoms with van der Waals surface area (Å²) in [6.45, 7) is 7.74. The molecule has 0 atom stereocenters. The van der Waals surface area contributed by atoms with Crippen LogP contribution in [-0.4, -0.2) is 69.1 Å². The van der Waals surface area contributed by atoms with Crippen molar-refractivity contribution in [1.82, 2.24) is 4.90 Å². The fourth-order valence-electron chi connectivity index (χ4n) is 4.26. The molecule has 0 spiro atoms. The van der Waals surface area contributed by atoms with Gasteiger partial charge in [0.05, 0.1) is 40.5 Å². The summed E-state index contributed by atoms with van der Waals surface area (Å²) in [6, 6.07) is 11.7. The number of anilines is 1. The summed E-state index contributed by atoms with van der Waals surface area (Å²) in [4.78, 5) is 26.1. The summed E-state index contributed by atoms with van der Waals surface area (Å²) in [5, 5.41) is 9.31. The molecule has 232 valence electrons. The lowest BCUT2D eigenvalue weighted by atomic mass is 10.1. The van der Waals surface area contributed by atoms with Crippen LogP contribution < -0.4 is 9.04 Å². The fraction of sp³-hybridized carbons (Fsp3) is 0.433. The van der Waals surface area contributed by atoms with Crippen LogP contribution in [0.2, 0.25) is 10.0 Å². The molecule has 0 aliphatic carbocycles. The van der Waals surface area contributed by atoms with Crippen LogP contribution in [0.1, 0.15) is 51.7 Å². The number of amides is 1. The maximum absolute atomic E-state index is 13.3. The number of benzene rings is 2. The lowest BCUT2D eigenvalue weighted by Crippen LogP contribution is -2.44.